The third-order valence-corrected chi connectivity index (χ3v) is 2.46. The Morgan fingerprint density at radius 1 is 1.50 bits per heavy atom. The summed E-state index contributed by atoms with van der Waals surface area (Å²) in [6, 6.07) is 0. The quantitative estimate of drug-likeness (QED) is 0.739. The summed E-state index contributed by atoms with van der Waals surface area (Å²) in [6.45, 7) is 4.79. The van der Waals surface area contributed by atoms with E-state index in [1.807, 2.05) is 18.4 Å². The summed E-state index contributed by atoms with van der Waals surface area (Å²) in [4.78, 5) is 0. The fraction of sp³-hybridized carbons (Fsp3) is 0.375. The van der Waals surface area contributed by atoms with E-state index in [4.69, 9.17) is 12.2 Å². The Bertz CT molecular complexity index is 492. The van der Waals surface area contributed by atoms with Gasteiger partial charge in [-0.1, -0.05) is 0 Å². The van der Waals surface area contributed by atoms with Crippen LogP contribution in [0.25, 0.3) is 11.4 Å². The average molecular weight is 209 g/mol. The van der Waals surface area contributed by atoms with Crippen molar-refractivity contribution in [3.05, 3.63) is 16.7 Å². The third kappa shape index (κ3) is 1.27. The van der Waals surface area contributed by atoms with Gasteiger partial charge >= 0.3 is 0 Å². The fourth-order valence-corrected chi connectivity index (χ4v) is 1.65. The summed E-state index contributed by atoms with van der Waals surface area (Å²) in [5, 5.41) is 13.8. The zero-order valence-corrected chi connectivity index (χ0v) is 8.85. The molecule has 2 N–H and O–H groups in total. The van der Waals surface area contributed by atoms with E-state index in [0.717, 1.165) is 23.6 Å². The number of hydrogen-bond donors (Lipinski definition) is 2. The molecule has 2 aromatic rings. The molecule has 5 nitrogen and oxygen atoms in total. The highest BCUT2D eigenvalue weighted by Gasteiger charge is 2.10. The topological polar surface area (TPSA) is 62.3 Å². The van der Waals surface area contributed by atoms with Gasteiger partial charge in [0.15, 0.2) is 10.6 Å². The zero-order valence-electron chi connectivity index (χ0n) is 8.03. The predicted molar refractivity (Wildman–Crippen MR) is 55.4 cm³/mol. The van der Waals surface area contributed by atoms with Crippen LogP contribution in [0.5, 0.6) is 0 Å². The first-order valence-electron chi connectivity index (χ1n) is 4.39. The van der Waals surface area contributed by atoms with Crippen LogP contribution in [0.3, 0.4) is 0 Å². The predicted octanol–water partition coefficient (Wildman–Crippen LogP) is 1.66. The third-order valence-electron chi connectivity index (χ3n) is 2.15. The molecule has 0 aliphatic heterocycles. The SMILES string of the molecule is CCn1c(-c2cn[nH]c2C)n[nH]c1=S. The number of H-pyrrole nitrogens is 2. The van der Waals surface area contributed by atoms with E-state index >= 15 is 0 Å². The second-order valence-corrected chi connectivity index (χ2v) is 3.39. The van der Waals surface area contributed by atoms with Crippen LogP contribution >= 0.6 is 12.2 Å². The summed E-state index contributed by atoms with van der Waals surface area (Å²) >= 11 is 5.10. The van der Waals surface area contributed by atoms with Gasteiger partial charge in [0.1, 0.15) is 0 Å². The smallest absolute Gasteiger partial charge is 0.195 e. The lowest BCUT2D eigenvalue weighted by atomic mass is 10.2. The molecule has 0 fully saturated rings. The fourth-order valence-electron chi connectivity index (χ4n) is 1.39. The zero-order chi connectivity index (χ0) is 10.1. The van der Waals surface area contributed by atoms with E-state index in [1.165, 1.54) is 0 Å². The van der Waals surface area contributed by atoms with Crippen molar-refractivity contribution in [2.75, 3.05) is 0 Å². The lowest BCUT2D eigenvalue weighted by molar-refractivity contribution is 0.755. The van der Waals surface area contributed by atoms with Crippen LogP contribution in [-0.2, 0) is 6.54 Å². The average Bonchev–Trinajstić information content (AvgIpc) is 2.71. The highest BCUT2D eigenvalue weighted by Crippen LogP contribution is 2.18. The molecule has 0 saturated carbocycles. The van der Waals surface area contributed by atoms with Crippen molar-refractivity contribution in [3.63, 3.8) is 0 Å². The number of nitrogens with zero attached hydrogens (tertiary/aromatic N) is 3. The summed E-state index contributed by atoms with van der Waals surface area (Å²) < 4.78 is 2.58. The van der Waals surface area contributed by atoms with Gasteiger partial charge in [0.05, 0.1) is 11.8 Å². The van der Waals surface area contributed by atoms with Gasteiger partial charge < -0.3 is 4.57 Å². The van der Waals surface area contributed by atoms with Gasteiger partial charge in [-0.25, -0.2) is 0 Å². The molecule has 74 valence electrons. The Balaban J connectivity index is 2.63. The van der Waals surface area contributed by atoms with Crippen molar-refractivity contribution < 1.29 is 0 Å². The van der Waals surface area contributed by atoms with Crippen LogP contribution in [0.2, 0.25) is 0 Å². The summed E-state index contributed by atoms with van der Waals surface area (Å²) in [5.41, 5.74) is 1.98. The molecule has 0 aliphatic carbocycles. The maximum Gasteiger partial charge on any atom is 0.195 e. The van der Waals surface area contributed by atoms with Crippen LogP contribution in [0, 0.1) is 11.7 Å². The molecule has 0 saturated heterocycles. The summed E-state index contributed by atoms with van der Waals surface area (Å²) in [6.07, 6.45) is 1.76. The van der Waals surface area contributed by atoms with Crippen molar-refractivity contribution in [2.45, 2.75) is 20.4 Å². The number of aromatic amines is 2. The molecule has 0 radical (unpaired) electrons. The number of nitrogens with one attached hydrogen (secondary N) is 2. The van der Waals surface area contributed by atoms with Gasteiger partial charge in [-0.3, -0.25) is 10.2 Å². The first kappa shape index (κ1) is 9.14. The van der Waals surface area contributed by atoms with Gasteiger partial charge in [0.25, 0.3) is 0 Å². The molecule has 2 aromatic heterocycles. The maximum atomic E-state index is 5.10. The van der Waals surface area contributed by atoms with E-state index in [9.17, 15) is 0 Å². The highest BCUT2D eigenvalue weighted by molar-refractivity contribution is 7.71. The molecule has 14 heavy (non-hydrogen) atoms. The first-order chi connectivity index (χ1) is 6.74. The van der Waals surface area contributed by atoms with Gasteiger partial charge in [-0.15, -0.1) is 0 Å². The van der Waals surface area contributed by atoms with E-state index in [2.05, 4.69) is 20.4 Å². The van der Waals surface area contributed by atoms with Gasteiger partial charge in [-0.2, -0.15) is 10.2 Å². The molecular formula is C8H11N5S. The van der Waals surface area contributed by atoms with Gasteiger partial charge in [-0.05, 0) is 26.1 Å². The largest absolute Gasteiger partial charge is 0.300 e. The molecule has 0 atom stereocenters. The Kier molecular flexibility index (Phi) is 2.20. The van der Waals surface area contributed by atoms with Crippen molar-refractivity contribution in [3.8, 4) is 11.4 Å². The minimum atomic E-state index is 0.642. The number of rotatable bonds is 2. The van der Waals surface area contributed by atoms with E-state index in [-0.39, 0.29) is 0 Å². The standard InChI is InChI=1S/C8H11N5S/c1-3-13-7(11-12-8(13)14)6-4-9-10-5(6)2/h4H,3H2,1-2H3,(H,9,10)(H,12,14). The normalized spacial score (nSPS) is 10.7. The summed E-state index contributed by atoms with van der Waals surface area (Å²) in [7, 11) is 0. The second kappa shape index (κ2) is 3.38. The molecular weight excluding hydrogens is 198 g/mol. The van der Waals surface area contributed by atoms with Crippen molar-refractivity contribution >= 4 is 12.2 Å². The Morgan fingerprint density at radius 3 is 2.86 bits per heavy atom. The first-order valence-corrected chi connectivity index (χ1v) is 4.80. The Labute approximate surface area is 86.2 Å². The minimum absolute atomic E-state index is 0.642. The molecule has 2 heterocycles. The molecule has 0 unspecified atom stereocenters. The minimum Gasteiger partial charge on any atom is -0.300 e. The molecule has 0 spiro atoms. The van der Waals surface area contributed by atoms with Crippen LogP contribution in [0.4, 0.5) is 0 Å². The molecule has 6 heteroatoms. The number of hydrogen-bond acceptors (Lipinski definition) is 3. The van der Waals surface area contributed by atoms with Crippen molar-refractivity contribution in [1.29, 1.82) is 0 Å². The Hall–Kier alpha value is -1.43. The molecule has 0 aromatic carbocycles. The molecule has 2 rings (SSSR count). The van der Waals surface area contributed by atoms with E-state index < -0.39 is 0 Å². The lowest BCUT2D eigenvalue weighted by Gasteiger charge is -2.00. The van der Waals surface area contributed by atoms with Gasteiger partial charge in [0, 0.05) is 12.2 Å². The highest BCUT2D eigenvalue weighted by atomic mass is 32.1. The molecule has 0 bridgehead atoms. The lowest BCUT2D eigenvalue weighted by Crippen LogP contribution is -1.97. The molecule has 0 amide bonds. The van der Waals surface area contributed by atoms with Crippen LogP contribution in [0.1, 0.15) is 12.6 Å². The Morgan fingerprint density at radius 2 is 2.29 bits per heavy atom. The van der Waals surface area contributed by atoms with Crippen LogP contribution < -0.4 is 0 Å². The van der Waals surface area contributed by atoms with E-state index in [1.54, 1.807) is 6.20 Å². The van der Waals surface area contributed by atoms with Crippen molar-refractivity contribution in [1.82, 2.24) is 25.0 Å². The van der Waals surface area contributed by atoms with Crippen LogP contribution in [-0.4, -0.2) is 25.0 Å². The monoisotopic (exact) mass is 209 g/mol. The second-order valence-electron chi connectivity index (χ2n) is 3.01. The van der Waals surface area contributed by atoms with Crippen LogP contribution in [0.15, 0.2) is 6.20 Å². The number of aryl methyl sites for hydroxylation is 1. The number of aromatic nitrogens is 5. The summed E-state index contributed by atoms with van der Waals surface area (Å²) in [5.74, 6) is 0.837. The van der Waals surface area contributed by atoms with E-state index in [0.29, 0.717) is 4.77 Å². The van der Waals surface area contributed by atoms with Gasteiger partial charge in [0.2, 0.25) is 0 Å². The van der Waals surface area contributed by atoms with Crippen molar-refractivity contribution in [2.24, 2.45) is 0 Å². The maximum absolute atomic E-state index is 5.10. The molecule has 0 aliphatic rings.